The minimum Gasteiger partial charge on any atom is -0.349 e. The molecule has 0 bridgehead atoms. The van der Waals surface area contributed by atoms with E-state index in [0.29, 0.717) is 40.6 Å². The van der Waals surface area contributed by atoms with Crippen LogP contribution in [0.1, 0.15) is 17.0 Å². The summed E-state index contributed by atoms with van der Waals surface area (Å²) >= 11 is 12.1. The monoisotopic (exact) mass is 414 g/mol. The van der Waals surface area contributed by atoms with Crippen molar-refractivity contribution in [3.8, 4) is 0 Å². The number of hydrogen-bond acceptors (Lipinski definition) is 5. The Morgan fingerprint density at radius 3 is 2.64 bits per heavy atom. The SMILES string of the molecule is O=c1nc(CCc2ccccc2)[nH]c2nc(NCc3ccc(Cl)cc3Cl)nn12. The number of H-pyrrole nitrogens is 1. The van der Waals surface area contributed by atoms with E-state index in [1.807, 2.05) is 36.4 Å². The lowest BCUT2D eigenvalue weighted by atomic mass is 10.1. The van der Waals surface area contributed by atoms with E-state index in [4.69, 9.17) is 23.2 Å². The van der Waals surface area contributed by atoms with E-state index in [-0.39, 0.29) is 0 Å². The zero-order valence-corrected chi connectivity index (χ0v) is 16.2. The third-order valence-corrected chi connectivity index (χ3v) is 4.81. The van der Waals surface area contributed by atoms with Gasteiger partial charge < -0.3 is 10.3 Å². The van der Waals surface area contributed by atoms with E-state index < -0.39 is 5.69 Å². The number of aryl methyl sites for hydroxylation is 2. The van der Waals surface area contributed by atoms with Crippen LogP contribution in [0.2, 0.25) is 10.0 Å². The first-order valence-electron chi connectivity index (χ1n) is 8.66. The molecule has 0 amide bonds. The summed E-state index contributed by atoms with van der Waals surface area (Å²) in [4.78, 5) is 23.7. The molecular weight excluding hydrogens is 399 g/mol. The number of rotatable bonds is 6. The first kappa shape index (κ1) is 18.5. The summed E-state index contributed by atoms with van der Waals surface area (Å²) in [6, 6.07) is 15.3. The van der Waals surface area contributed by atoms with Crippen molar-refractivity contribution in [2.24, 2.45) is 0 Å². The molecule has 0 aliphatic rings. The van der Waals surface area contributed by atoms with Crippen molar-refractivity contribution in [2.45, 2.75) is 19.4 Å². The average molecular weight is 415 g/mol. The molecule has 4 aromatic rings. The number of anilines is 1. The lowest BCUT2D eigenvalue weighted by Gasteiger charge is -2.04. The van der Waals surface area contributed by atoms with E-state index in [9.17, 15) is 4.79 Å². The maximum Gasteiger partial charge on any atom is 0.373 e. The Morgan fingerprint density at radius 1 is 1.04 bits per heavy atom. The minimum atomic E-state index is -0.470. The second-order valence-electron chi connectivity index (χ2n) is 6.21. The van der Waals surface area contributed by atoms with Crippen LogP contribution in [-0.2, 0) is 19.4 Å². The van der Waals surface area contributed by atoms with E-state index in [0.717, 1.165) is 16.5 Å². The molecule has 142 valence electrons. The number of aromatic amines is 1. The molecule has 0 saturated heterocycles. The normalized spacial score (nSPS) is 11.1. The van der Waals surface area contributed by atoms with E-state index >= 15 is 0 Å². The molecule has 2 N–H and O–H groups in total. The van der Waals surface area contributed by atoms with Gasteiger partial charge in [0.05, 0.1) is 0 Å². The number of hydrogen-bond donors (Lipinski definition) is 2. The fraction of sp³-hybridized carbons (Fsp3) is 0.158. The van der Waals surface area contributed by atoms with Crippen LogP contribution in [0.3, 0.4) is 0 Å². The van der Waals surface area contributed by atoms with Crippen molar-refractivity contribution in [1.82, 2.24) is 24.6 Å². The van der Waals surface area contributed by atoms with Gasteiger partial charge in [0.1, 0.15) is 5.82 Å². The van der Waals surface area contributed by atoms with Crippen LogP contribution < -0.4 is 11.0 Å². The Labute approximate surface area is 170 Å². The van der Waals surface area contributed by atoms with Crippen molar-refractivity contribution in [3.63, 3.8) is 0 Å². The maximum atomic E-state index is 12.3. The summed E-state index contributed by atoms with van der Waals surface area (Å²) in [7, 11) is 0. The molecule has 4 rings (SSSR count). The van der Waals surface area contributed by atoms with Crippen LogP contribution >= 0.6 is 23.2 Å². The number of nitrogens with one attached hydrogen (secondary N) is 2. The van der Waals surface area contributed by atoms with Gasteiger partial charge in [-0.3, -0.25) is 0 Å². The van der Waals surface area contributed by atoms with Crippen molar-refractivity contribution in [2.75, 3.05) is 5.32 Å². The summed E-state index contributed by atoms with van der Waals surface area (Å²) < 4.78 is 1.14. The Bertz CT molecular complexity index is 1170. The molecule has 9 heteroatoms. The highest BCUT2D eigenvalue weighted by Crippen LogP contribution is 2.21. The first-order chi connectivity index (χ1) is 13.6. The van der Waals surface area contributed by atoms with Gasteiger partial charge in [-0.2, -0.15) is 9.97 Å². The summed E-state index contributed by atoms with van der Waals surface area (Å²) in [5.74, 6) is 1.22. The summed E-state index contributed by atoms with van der Waals surface area (Å²) in [6.07, 6.45) is 1.38. The molecule has 0 aliphatic heterocycles. The molecule has 7 nitrogen and oxygen atoms in total. The fourth-order valence-electron chi connectivity index (χ4n) is 2.79. The molecule has 2 heterocycles. The van der Waals surface area contributed by atoms with Crippen LogP contribution in [0.4, 0.5) is 5.95 Å². The molecule has 0 spiro atoms. The van der Waals surface area contributed by atoms with Gasteiger partial charge in [-0.15, -0.1) is 9.61 Å². The smallest absolute Gasteiger partial charge is 0.349 e. The molecule has 0 fully saturated rings. The van der Waals surface area contributed by atoms with Crippen molar-refractivity contribution in [3.05, 3.63) is 86.0 Å². The van der Waals surface area contributed by atoms with E-state index in [1.54, 1.807) is 12.1 Å². The predicted octanol–water partition coefficient (Wildman–Crippen LogP) is 3.52. The molecule has 2 aromatic heterocycles. The third-order valence-electron chi connectivity index (χ3n) is 4.22. The Kier molecular flexibility index (Phi) is 5.27. The number of nitrogens with zero attached hydrogens (tertiary/aromatic N) is 4. The molecule has 0 aliphatic carbocycles. The van der Waals surface area contributed by atoms with Crippen LogP contribution in [0, 0.1) is 0 Å². The number of benzene rings is 2. The van der Waals surface area contributed by atoms with E-state index in [2.05, 4.69) is 25.4 Å². The largest absolute Gasteiger partial charge is 0.373 e. The Balaban J connectivity index is 1.50. The average Bonchev–Trinajstić information content (AvgIpc) is 3.10. The fourth-order valence-corrected chi connectivity index (χ4v) is 3.26. The van der Waals surface area contributed by atoms with Gasteiger partial charge in [-0.1, -0.05) is 59.6 Å². The standard InChI is InChI=1S/C19H16Cl2N6O/c20-14-8-7-13(15(21)10-14)11-22-17-25-18-23-16(24-19(28)27(18)26-17)9-6-12-4-2-1-3-5-12/h1-5,7-8,10H,6,9,11H2,(H2,22,23,24,25,26,28). The maximum absolute atomic E-state index is 12.3. The van der Waals surface area contributed by atoms with Crippen LogP contribution in [0.15, 0.2) is 53.3 Å². The minimum absolute atomic E-state index is 0.307. The third kappa shape index (κ3) is 4.16. The number of fused-ring (bicyclic) bond motifs is 1. The quantitative estimate of drug-likeness (QED) is 0.503. The molecule has 0 atom stereocenters. The van der Waals surface area contributed by atoms with Gasteiger partial charge in [-0.25, -0.2) is 4.79 Å². The van der Waals surface area contributed by atoms with Gasteiger partial charge in [-0.05, 0) is 29.7 Å². The molecule has 0 radical (unpaired) electrons. The summed E-state index contributed by atoms with van der Waals surface area (Å²) in [5.41, 5.74) is 1.55. The molecule has 28 heavy (non-hydrogen) atoms. The highest BCUT2D eigenvalue weighted by Gasteiger charge is 2.10. The highest BCUT2D eigenvalue weighted by atomic mass is 35.5. The first-order valence-corrected chi connectivity index (χ1v) is 9.42. The van der Waals surface area contributed by atoms with E-state index in [1.165, 1.54) is 5.56 Å². The zero-order chi connectivity index (χ0) is 19.5. The summed E-state index contributed by atoms with van der Waals surface area (Å²) in [6.45, 7) is 0.398. The predicted molar refractivity (Wildman–Crippen MR) is 109 cm³/mol. The second kappa shape index (κ2) is 8.00. The lowest BCUT2D eigenvalue weighted by molar-refractivity contribution is 0.773. The molecule has 0 unspecified atom stereocenters. The van der Waals surface area contributed by atoms with Crippen LogP contribution in [-0.4, -0.2) is 24.6 Å². The topological polar surface area (TPSA) is 88.0 Å². The van der Waals surface area contributed by atoms with Crippen molar-refractivity contribution >= 4 is 34.9 Å². The van der Waals surface area contributed by atoms with Gasteiger partial charge in [0.25, 0.3) is 0 Å². The van der Waals surface area contributed by atoms with Gasteiger partial charge in [0, 0.05) is 23.0 Å². The highest BCUT2D eigenvalue weighted by molar-refractivity contribution is 6.35. The van der Waals surface area contributed by atoms with Crippen molar-refractivity contribution in [1.29, 1.82) is 0 Å². The Hall–Kier alpha value is -2.90. The number of aromatic nitrogens is 5. The molecule has 2 aromatic carbocycles. The van der Waals surface area contributed by atoms with Gasteiger partial charge >= 0.3 is 5.69 Å². The lowest BCUT2D eigenvalue weighted by Crippen LogP contribution is -2.21. The summed E-state index contributed by atoms with van der Waals surface area (Å²) in [5, 5.41) is 8.33. The number of halogens is 2. The molecular formula is C19H16Cl2N6O. The van der Waals surface area contributed by atoms with Gasteiger partial charge in [0.15, 0.2) is 0 Å². The second-order valence-corrected chi connectivity index (χ2v) is 7.06. The van der Waals surface area contributed by atoms with Crippen molar-refractivity contribution < 1.29 is 0 Å². The Morgan fingerprint density at radius 2 is 1.86 bits per heavy atom. The zero-order valence-electron chi connectivity index (χ0n) is 14.7. The van der Waals surface area contributed by atoms with Crippen LogP contribution in [0.5, 0.6) is 0 Å². The van der Waals surface area contributed by atoms with Gasteiger partial charge in [0.2, 0.25) is 11.7 Å². The molecule has 0 saturated carbocycles. The van der Waals surface area contributed by atoms with Crippen LogP contribution in [0.25, 0.3) is 5.78 Å².